The number of rotatable bonds is 5. The maximum Gasteiger partial charge on any atom is 0.260 e. The van der Waals surface area contributed by atoms with Crippen LogP contribution in [0.1, 0.15) is 0 Å². The van der Waals surface area contributed by atoms with E-state index in [-0.39, 0.29) is 24.4 Å². The molecule has 120 valence electrons. The molecule has 2 aromatic rings. The lowest BCUT2D eigenvalue weighted by atomic mass is 10.1. The van der Waals surface area contributed by atoms with E-state index in [1.54, 1.807) is 29.4 Å². The SMILES string of the molecule is O=C(COc1ccc(F)c(F)c1)N1CC(Oc2ccncc2)C1. The Hall–Kier alpha value is -2.70. The average molecular weight is 320 g/mol. The van der Waals surface area contributed by atoms with E-state index in [9.17, 15) is 13.6 Å². The van der Waals surface area contributed by atoms with Crippen LogP contribution in [0, 0.1) is 11.6 Å². The van der Waals surface area contributed by atoms with Gasteiger partial charge in [0.05, 0.1) is 13.1 Å². The summed E-state index contributed by atoms with van der Waals surface area (Å²) < 4.78 is 36.6. The van der Waals surface area contributed by atoms with Crippen LogP contribution < -0.4 is 9.47 Å². The van der Waals surface area contributed by atoms with Crippen molar-refractivity contribution in [2.45, 2.75) is 6.10 Å². The Labute approximate surface area is 131 Å². The molecule has 0 radical (unpaired) electrons. The Morgan fingerprint density at radius 2 is 1.87 bits per heavy atom. The largest absolute Gasteiger partial charge is 0.487 e. The van der Waals surface area contributed by atoms with Crippen LogP contribution in [0.15, 0.2) is 42.7 Å². The third-order valence-corrected chi connectivity index (χ3v) is 3.41. The molecule has 0 N–H and O–H groups in total. The van der Waals surface area contributed by atoms with E-state index >= 15 is 0 Å². The predicted molar refractivity (Wildman–Crippen MR) is 77.1 cm³/mol. The van der Waals surface area contributed by atoms with Crippen molar-refractivity contribution in [2.24, 2.45) is 0 Å². The summed E-state index contributed by atoms with van der Waals surface area (Å²) in [7, 11) is 0. The number of amides is 1. The molecule has 0 saturated carbocycles. The van der Waals surface area contributed by atoms with Crippen LogP contribution in [0.2, 0.25) is 0 Å². The molecule has 1 aliphatic heterocycles. The molecular weight excluding hydrogens is 306 g/mol. The highest BCUT2D eigenvalue weighted by Crippen LogP contribution is 2.18. The summed E-state index contributed by atoms with van der Waals surface area (Å²) in [4.78, 5) is 17.4. The molecule has 2 heterocycles. The standard InChI is InChI=1S/C16H14F2N2O3/c17-14-2-1-12(7-15(14)18)22-10-16(21)20-8-13(9-20)23-11-3-5-19-6-4-11/h1-7,13H,8-10H2. The molecule has 5 nitrogen and oxygen atoms in total. The maximum absolute atomic E-state index is 13.0. The summed E-state index contributed by atoms with van der Waals surface area (Å²) in [5, 5.41) is 0. The Kier molecular flexibility index (Phi) is 4.36. The number of nitrogens with zero attached hydrogens (tertiary/aromatic N) is 2. The molecule has 0 atom stereocenters. The van der Waals surface area contributed by atoms with Crippen LogP contribution in [-0.4, -0.2) is 41.6 Å². The van der Waals surface area contributed by atoms with Gasteiger partial charge in [0.1, 0.15) is 17.6 Å². The molecule has 7 heteroatoms. The average Bonchev–Trinajstić information content (AvgIpc) is 2.52. The molecule has 1 aromatic heterocycles. The Balaban J connectivity index is 1.43. The monoisotopic (exact) mass is 320 g/mol. The lowest BCUT2D eigenvalue weighted by Gasteiger charge is -2.38. The van der Waals surface area contributed by atoms with Gasteiger partial charge >= 0.3 is 0 Å². The van der Waals surface area contributed by atoms with E-state index in [0.29, 0.717) is 18.8 Å². The van der Waals surface area contributed by atoms with Gasteiger partial charge in [-0.2, -0.15) is 0 Å². The van der Waals surface area contributed by atoms with Crippen molar-refractivity contribution in [3.05, 3.63) is 54.4 Å². The van der Waals surface area contributed by atoms with E-state index < -0.39 is 11.6 Å². The van der Waals surface area contributed by atoms with Crippen LogP contribution in [0.3, 0.4) is 0 Å². The summed E-state index contributed by atoms with van der Waals surface area (Å²) >= 11 is 0. The molecule has 1 fully saturated rings. The normalized spacial score (nSPS) is 14.3. The van der Waals surface area contributed by atoms with E-state index in [1.165, 1.54) is 6.07 Å². The predicted octanol–water partition coefficient (Wildman–Crippen LogP) is 2.03. The Morgan fingerprint density at radius 1 is 1.13 bits per heavy atom. The highest BCUT2D eigenvalue weighted by atomic mass is 19.2. The smallest absolute Gasteiger partial charge is 0.260 e. The van der Waals surface area contributed by atoms with Crippen molar-refractivity contribution in [1.82, 2.24) is 9.88 Å². The van der Waals surface area contributed by atoms with Gasteiger partial charge in [-0.3, -0.25) is 9.78 Å². The third kappa shape index (κ3) is 3.74. The first kappa shape index (κ1) is 15.2. The summed E-state index contributed by atoms with van der Waals surface area (Å²) in [6, 6.07) is 6.63. The van der Waals surface area contributed by atoms with Crippen LogP contribution in [-0.2, 0) is 4.79 Å². The number of aromatic nitrogens is 1. The Morgan fingerprint density at radius 3 is 2.57 bits per heavy atom. The highest BCUT2D eigenvalue weighted by molar-refractivity contribution is 5.78. The van der Waals surface area contributed by atoms with Crippen molar-refractivity contribution in [2.75, 3.05) is 19.7 Å². The topological polar surface area (TPSA) is 51.7 Å². The lowest BCUT2D eigenvalue weighted by molar-refractivity contribution is -0.142. The number of halogens is 2. The van der Waals surface area contributed by atoms with Gasteiger partial charge in [-0.15, -0.1) is 0 Å². The zero-order chi connectivity index (χ0) is 16.2. The van der Waals surface area contributed by atoms with Crippen LogP contribution in [0.25, 0.3) is 0 Å². The maximum atomic E-state index is 13.0. The molecule has 0 unspecified atom stereocenters. The number of hydrogen-bond donors (Lipinski definition) is 0. The third-order valence-electron chi connectivity index (χ3n) is 3.41. The number of carbonyl (C=O) groups is 1. The molecule has 1 aliphatic rings. The molecular formula is C16H14F2N2O3. The molecule has 23 heavy (non-hydrogen) atoms. The highest BCUT2D eigenvalue weighted by Gasteiger charge is 2.32. The number of ether oxygens (including phenoxy) is 2. The van der Waals surface area contributed by atoms with Gasteiger partial charge in [0.2, 0.25) is 0 Å². The molecule has 1 aromatic carbocycles. The second kappa shape index (κ2) is 6.60. The van der Waals surface area contributed by atoms with Crippen LogP contribution in [0.4, 0.5) is 8.78 Å². The Bertz CT molecular complexity index is 691. The number of benzene rings is 1. The summed E-state index contributed by atoms with van der Waals surface area (Å²) in [6.07, 6.45) is 3.20. The van der Waals surface area contributed by atoms with E-state index in [0.717, 1.165) is 12.1 Å². The number of carbonyl (C=O) groups excluding carboxylic acids is 1. The van der Waals surface area contributed by atoms with E-state index in [2.05, 4.69) is 4.98 Å². The fourth-order valence-electron chi connectivity index (χ4n) is 2.13. The minimum atomic E-state index is -1.01. The molecule has 0 aliphatic carbocycles. The quantitative estimate of drug-likeness (QED) is 0.846. The second-order valence-electron chi connectivity index (χ2n) is 5.09. The van der Waals surface area contributed by atoms with Gasteiger partial charge in [0.15, 0.2) is 18.2 Å². The van der Waals surface area contributed by atoms with Crippen molar-refractivity contribution in [1.29, 1.82) is 0 Å². The number of hydrogen-bond acceptors (Lipinski definition) is 4. The fraction of sp³-hybridized carbons (Fsp3) is 0.250. The molecule has 1 amide bonds. The summed E-state index contributed by atoms with van der Waals surface area (Å²) in [5.74, 6) is -1.38. The lowest BCUT2D eigenvalue weighted by Crippen LogP contribution is -2.57. The van der Waals surface area contributed by atoms with Crippen molar-refractivity contribution in [3.63, 3.8) is 0 Å². The molecule has 3 rings (SSSR count). The zero-order valence-corrected chi connectivity index (χ0v) is 12.1. The minimum Gasteiger partial charge on any atom is -0.487 e. The number of pyridine rings is 1. The molecule has 0 spiro atoms. The van der Waals surface area contributed by atoms with Gasteiger partial charge in [-0.1, -0.05) is 0 Å². The van der Waals surface area contributed by atoms with Crippen molar-refractivity contribution in [3.8, 4) is 11.5 Å². The molecule has 0 bridgehead atoms. The van der Waals surface area contributed by atoms with Crippen LogP contribution in [0.5, 0.6) is 11.5 Å². The van der Waals surface area contributed by atoms with Crippen molar-refractivity contribution >= 4 is 5.91 Å². The van der Waals surface area contributed by atoms with Gasteiger partial charge in [-0.25, -0.2) is 8.78 Å². The van der Waals surface area contributed by atoms with Gasteiger partial charge in [0.25, 0.3) is 5.91 Å². The minimum absolute atomic E-state index is 0.0652. The van der Waals surface area contributed by atoms with E-state index in [1.807, 2.05) is 0 Å². The first-order valence-electron chi connectivity index (χ1n) is 7.04. The zero-order valence-electron chi connectivity index (χ0n) is 12.1. The molecule has 1 saturated heterocycles. The van der Waals surface area contributed by atoms with Gasteiger partial charge in [0, 0.05) is 18.5 Å². The fourth-order valence-corrected chi connectivity index (χ4v) is 2.13. The summed E-state index contributed by atoms with van der Waals surface area (Å²) in [6.45, 7) is 0.692. The van der Waals surface area contributed by atoms with E-state index in [4.69, 9.17) is 9.47 Å². The van der Waals surface area contributed by atoms with Gasteiger partial charge < -0.3 is 14.4 Å². The van der Waals surface area contributed by atoms with Crippen LogP contribution >= 0.6 is 0 Å². The first-order valence-corrected chi connectivity index (χ1v) is 7.04. The number of likely N-dealkylation sites (tertiary alicyclic amines) is 1. The first-order chi connectivity index (χ1) is 11.1. The second-order valence-corrected chi connectivity index (χ2v) is 5.09. The van der Waals surface area contributed by atoms with Gasteiger partial charge in [-0.05, 0) is 24.3 Å². The van der Waals surface area contributed by atoms with Crippen molar-refractivity contribution < 1.29 is 23.0 Å². The summed E-state index contributed by atoms with van der Waals surface area (Å²) in [5.41, 5.74) is 0.